The minimum absolute atomic E-state index is 0.225. The molecule has 1 aromatic heterocycles. The first-order chi connectivity index (χ1) is 14.8. The molecule has 2 aliphatic rings. The predicted molar refractivity (Wildman–Crippen MR) is 120 cm³/mol. The van der Waals surface area contributed by atoms with E-state index in [2.05, 4.69) is 49.4 Å². The van der Waals surface area contributed by atoms with Gasteiger partial charge in [0.25, 0.3) is 5.91 Å². The minimum Gasteiger partial charge on any atom is -0.372 e. The summed E-state index contributed by atoms with van der Waals surface area (Å²) in [6.07, 6.45) is 6.41. The predicted octanol–water partition coefficient (Wildman–Crippen LogP) is 4.41. The molecule has 6 nitrogen and oxygen atoms in total. The van der Waals surface area contributed by atoms with Crippen molar-refractivity contribution in [3.8, 4) is 0 Å². The normalized spacial score (nSPS) is 15.7. The third-order valence-electron chi connectivity index (χ3n) is 5.85. The summed E-state index contributed by atoms with van der Waals surface area (Å²) in [6, 6.07) is 18.0. The van der Waals surface area contributed by atoms with Gasteiger partial charge >= 0.3 is 0 Å². The van der Waals surface area contributed by atoms with Crippen molar-refractivity contribution in [2.24, 2.45) is 0 Å². The lowest BCUT2D eigenvalue weighted by molar-refractivity contribution is 0.102. The van der Waals surface area contributed by atoms with Crippen molar-refractivity contribution in [3.05, 3.63) is 72.1 Å². The van der Waals surface area contributed by atoms with Gasteiger partial charge in [-0.2, -0.15) is 0 Å². The topological polar surface area (TPSA) is 61.4 Å². The van der Waals surface area contributed by atoms with Crippen LogP contribution in [0.15, 0.2) is 60.8 Å². The van der Waals surface area contributed by atoms with Crippen molar-refractivity contribution >= 4 is 28.9 Å². The maximum atomic E-state index is 12.8. The number of fused-ring (bicyclic) bond motifs is 1. The highest BCUT2D eigenvalue weighted by Crippen LogP contribution is 2.32. The lowest BCUT2D eigenvalue weighted by Crippen LogP contribution is -2.29. The van der Waals surface area contributed by atoms with E-state index >= 15 is 0 Å². The lowest BCUT2D eigenvalue weighted by atomic mass is 10.1. The van der Waals surface area contributed by atoms with E-state index in [1.54, 1.807) is 12.3 Å². The molecule has 0 spiro atoms. The van der Waals surface area contributed by atoms with Crippen LogP contribution >= 0.6 is 0 Å². The Balaban J connectivity index is 1.29. The van der Waals surface area contributed by atoms with Crippen LogP contribution in [0, 0.1) is 0 Å². The molecule has 0 radical (unpaired) electrons. The van der Waals surface area contributed by atoms with Gasteiger partial charge in [-0.15, -0.1) is 0 Å². The third-order valence-corrected chi connectivity index (χ3v) is 5.85. The molecule has 3 heterocycles. The number of hydrogen-bond donors (Lipinski definition) is 1. The molecule has 1 fully saturated rings. The lowest BCUT2D eigenvalue weighted by Gasteiger charge is -2.28. The number of benzene rings is 2. The van der Waals surface area contributed by atoms with Crippen molar-refractivity contribution in [1.29, 1.82) is 0 Å². The molecule has 0 bridgehead atoms. The Morgan fingerprint density at radius 1 is 0.900 bits per heavy atom. The highest BCUT2D eigenvalue weighted by molar-refractivity contribution is 6.03. The van der Waals surface area contributed by atoms with Crippen molar-refractivity contribution < 1.29 is 4.79 Å². The van der Waals surface area contributed by atoms with Gasteiger partial charge in [-0.1, -0.05) is 18.2 Å². The number of carbonyl (C=O) groups excluding carboxylic acids is 1. The molecule has 0 saturated carbocycles. The number of piperidine rings is 1. The van der Waals surface area contributed by atoms with Gasteiger partial charge in [0.2, 0.25) is 5.95 Å². The number of nitrogens with zero attached hydrogens (tertiary/aromatic N) is 4. The average molecular weight is 399 g/mol. The van der Waals surface area contributed by atoms with Crippen LogP contribution in [0.4, 0.5) is 23.0 Å². The smallest absolute Gasteiger partial charge is 0.274 e. The maximum Gasteiger partial charge on any atom is 0.274 e. The molecule has 0 atom stereocenters. The van der Waals surface area contributed by atoms with Gasteiger partial charge in [0.15, 0.2) is 0 Å². The summed E-state index contributed by atoms with van der Waals surface area (Å²) in [5.74, 6) is 0.338. The summed E-state index contributed by atoms with van der Waals surface area (Å²) in [7, 11) is 0. The molecule has 5 rings (SSSR count). The van der Waals surface area contributed by atoms with Crippen molar-refractivity contribution in [2.75, 3.05) is 34.8 Å². The zero-order valence-corrected chi connectivity index (χ0v) is 16.9. The number of anilines is 4. The number of hydrogen-bond acceptors (Lipinski definition) is 5. The number of para-hydroxylation sites is 1. The van der Waals surface area contributed by atoms with Crippen molar-refractivity contribution in [2.45, 2.75) is 25.7 Å². The SMILES string of the molecule is O=C(Nc1ccc(N2CCCCC2)cc1)c1ccnc(N2CCc3ccccc32)n1. The van der Waals surface area contributed by atoms with E-state index in [9.17, 15) is 4.79 Å². The number of aromatic nitrogens is 2. The summed E-state index contributed by atoms with van der Waals surface area (Å²) in [6.45, 7) is 3.03. The Hall–Kier alpha value is -3.41. The molecular formula is C24H25N5O. The summed E-state index contributed by atoms with van der Waals surface area (Å²) in [4.78, 5) is 26.2. The van der Waals surface area contributed by atoms with Crippen LogP contribution in [-0.2, 0) is 6.42 Å². The number of amides is 1. The summed E-state index contributed by atoms with van der Waals surface area (Å²) in [5.41, 5.74) is 4.75. The zero-order valence-electron chi connectivity index (χ0n) is 16.9. The van der Waals surface area contributed by atoms with Crippen LogP contribution in [0.1, 0.15) is 35.3 Å². The Bertz CT molecular complexity index is 1040. The monoisotopic (exact) mass is 399 g/mol. The van der Waals surface area contributed by atoms with Gasteiger partial charge in [0.05, 0.1) is 0 Å². The van der Waals surface area contributed by atoms with Gasteiger partial charge in [-0.25, -0.2) is 9.97 Å². The molecule has 1 amide bonds. The minimum atomic E-state index is -0.225. The first-order valence-corrected chi connectivity index (χ1v) is 10.6. The molecular weight excluding hydrogens is 374 g/mol. The highest BCUT2D eigenvalue weighted by atomic mass is 16.1. The van der Waals surface area contributed by atoms with Crippen LogP contribution in [0.2, 0.25) is 0 Å². The average Bonchev–Trinajstić information content (AvgIpc) is 3.24. The molecule has 3 aromatic rings. The van der Waals surface area contributed by atoms with E-state index in [-0.39, 0.29) is 5.91 Å². The van der Waals surface area contributed by atoms with Gasteiger partial charge in [0.1, 0.15) is 5.69 Å². The van der Waals surface area contributed by atoms with E-state index in [0.29, 0.717) is 11.6 Å². The Morgan fingerprint density at radius 3 is 2.53 bits per heavy atom. The molecule has 6 heteroatoms. The fourth-order valence-corrected chi connectivity index (χ4v) is 4.25. The highest BCUT2D eigenvalue weighted by Gasteiger charge is 2.22. The molecule has 2 aliphatic heterocycles. The van der Waals surface area contributed by atoms with Gasteiger partial charge in [-0.3, -0.25) is 4.79 Å². The first kappa shape index (κ1) is 18.6. The molecule has 0 aliphatic carbocycles. The zero-order chi connectivity index (χ0) is 20.3. The fourth-order valence-electron chi connectivity index (χ4n) is 4.25. The van der Waals surface area contributed by atoms with Gasteiger partial charge in [-0.05, 0) is 67.6 Å². The van der Waals surface area contributed by atoms with E-state index in [1.807, 2.05) is 24.3 Å². The number of carbonyl (C=O) groups is 1. The van der Waals surface area contributed by atoms with Crippen LogP contribution in [-0.4, -0.2) is 35.5 Å². The molecule has 2 aromatic carbocycles. The molecule has 1 N–H and O–H groups in total. The largest absolute Gasteiger partial charge is 0.372 e. The third kappa shape index (κ3) is 3.73. The maximum absolute atomic E-state index is 12.8. The van der Waals surface area contributed by atoms with Crippen LogP contribution < -0.4 is 15.1 Å². The summed E-state index contributed by atoms with van der Waals surface area (Å²) >= 11 is 0. The number of nitrogens with one attached hydrogen (secondary N) is 1. The van der Waals surface area contributed by atoms with Gasteiger partial charge in [0, 0.05) is 42.9 Å². The van der Waals surface area contributed by atoms with Crippen LogP contribution in [0.3, 0.4) is 0 Å². The Kier molecular flexibility index (Phi) is 5.05. The van der Waals surface area contributed by atoms with E-state index in [4.69, 9.17) is 0 Å². The molecule has 0 unspecified atom stereocenters. The quantitative estimate of drug-likeness (QED) is 0.704. The van der Waals surface area contributed by atoms with Gasteiger partial charge < -0.3 is 15.1 Å². The second-order valence-electron chi connectivity index (χ2n) is 7.82. The Morgan fingerprint density at radius 2 is 1.70 bits per heavy atom. The molecule has 30 heavy (non-hydrogen) atoms. The van der Waals surface area contributed by atoms with E-state index < -0.39 is 0 Å². The second-order valence-corrected chi connectivity index (χ2v) is 7.82. The van der Waals surface area contributed by atoms with Crippen molar-refractivity contribution in [3.63, 3.8) is 0 Å². The second kappa shape index (κ2) is 8.14. The van der Waals surface area contributed by atoms with Crippen molar-refractivity contribution in [1.82, 2.24) is 9.97 Å². The van der Waals surface area contributed by atoms with Crippen LogP contribution in [0.5, 0.6) is 0 Å². The Labute approximate surface area is 176 Å². The van der Waals surface area contributed by atoms with E-state index in [1.165, 1.54) is 30.5 Å². The number of rotatable bonds is 4. The standard InChI is InChI=1S/C24H25N5O/c30-23(26-19-8-10-20(11-9-19)28-15-4-1-5-16-28)21-12-14-25-24(27-21)29-17-13-18-6-2-3-7-22(18)29/h2-3,6-12,14H,1,4-5,13,15-17H2,(H,26,30). The summed E-state index contributed by atoms with van der Waals surface area (Å²) < 4.78 is 0. The first-order valence-electron chi connectivity index (χ1n) is 10.6. The summed E-state index contributed by atoms with van der Waals surface area (Å²) in [5, 5.41) is 2.96. The molecule has 1 saturated heterocycles. The van der Waals surface area contributed by atoms with E-state index in [0.717, 1.165) is 37.4 Å². The fraction of sp³-hybridized carbons (Fsp3) is 0.292. The van der Waals surface area contributed by atoms with Crippen LogP contribution in [0.25, 0.3) is 0 Å². The molecule has 152 valence electrons.